The molecule has 0 aliphatic heterocycles. The number of ether oxygens (including phenoxy) is 2. The van der Waals surface area contributed by atoms with Gasteiger partial charge >= 0.3 is 11.9 Å². The molecule has 0 atom stereocenters. The molecule has 48 heavy (non-hydrogen) atoms. The van der Waals surface area contributed by atoms with Crippen LogP contribution in [0.15, 0.2) is 107 Å². The van der Waals surface area contributed by atoms with E-state index < -0.39 is 11.9 Å². The van der Waals surface area contributed by atoms with Crippen LogP contribution in [0.3, 0.4) is 0 Å². The summed E-state index contributed by atoms with van der Waals surface area (Å²) in [5.41, 5.74) is 4.60. The molecule has 0 aliphatic carbocycles. The van der Waals surface area contributed by atoms with Crippen LogP contribution in [-0.4, -0.2) is 62.2 Å². The Bertz CT molecular complexity index is 1520. The number of benzene rings is 4. The van der Waals surface area contributed by atoms with Crippen LogP contribution < -0.4 is 9.47 Å². The Kier molecular flexibility index (Phi) is 12.8. The molecule has 0 heterocycles. The fourth-order valence-corrected chi connectivity index (χ4v) is 5.42. The third-order valence-corrected chi connectivity index (χ3v) is 8.21. The van der Waals surface area contributed by atoms with Crippen LogP contribution >= 0.6 is 0 Å². The zero-order chi connectivity index (χ0) is 34.6. The number of carbonyl (C=O) groups is 2. The zero-order valence-electron chi connectivity index (χ0n) is 29.3. The minimum atomic E-state index is -0.408. The maximum atomic E-state index is 12.7. The van der Waals surface area contributed by atoms with Crippen molar-refractivity contribution in [1.82, 2.24) is 0 Å². The van der Waals surface area contributed by atoms with Gasteiger partial charge in [0.2, 0.25) is 0 Å². The van der Waals surface area contributed by atoms with E-state index in [0.717, 1.165) is 35.1 Å². The maximum absolute atomic E-state index is 12.7. The standard InChI is InChI=1S/C40H50N4O4/c1-7-9-27-43(3,4)29-31-11-15-33(16-12-31)39(45)47-37-23-19-35(20-24-37)41-42-36-21-25-38(26-22-36)48-40(46)34-17-13-32(14-18-34)30-44(5,6)28-10-8-2/h11-26H,7-10,27-30H2,1-6H3/q+2. The number of hydrogen-bond acceptors (Lipinski definition) is 6. The normalized spacial score (nSPS) is 11.9. The monoisotopic (exact) mass is 650 g/mol. The van der Waals surface area contributed by atoms with E-state index in [1.54, 1.807) is 48.5 Å². The molecule has 0 aliphatic rings. The Morgan fingerprint density at radius 1 is 0.521 bits per heavy atom. The van der Waals surface area contributed by atoms with Gasteiger partial charge in [-0.2, -0.15) is 10.2 Å². The third kappa shape index (κ3) is 11.5. The van der Waals surface area contributed by atoms with Crippen LogP contribution in [0.4, 0.5) is 11.4 Å². The van der Waals surface area contributed by atoms with Gasteiger partial charge in [-0.1, -0.05) is 51.0 Å². The van der Waals surface area contributed by atoms with E-state index in [1.165, 1.54) is 36.8 Å². The lowest BCUT2D eigenvalue weighted by molar-refractivity contribution is -0.903. The molecule has 0 unspecified atom stereocenters. The lowest BCUT2D eigenvalue weighted by Gasteiger charge is -2.29. The molecular formula is C40H50N4O4+2. The third-order valence-electron chi connectivity index (χ3n) is 8.21. The average Bonchev–Trinajstić information content (AvgIpc) is 3.07. The summed E-state index contributed by atoms with van der Waals surface area (Å²) in [6, 6.07) is 29.0. The number of nitrogens with zero attached hydrogens (tertiary/aromatic N) is 4. The van der Waals surface area contributed by atoms with E-state index in [1.807, 2.05) is 48.5 Å². The van der Waals surface area contributed by atoms with Gasteiger partial charge in [0.05, 0.1) is 63.8 Å². The molecule has 252 valence electrons. The van der Waals surface area contributed by atoms with Gasteiger partial charge in [-0.15, -0.1) is 0 Å². The second kappa shape index (κ2) is 16.9. The van der Waals surface area contributed by atoms with Crippen molar-refractivity contribution in [3.8, 4) is 11.5 Å². The van der Waals surface area contributed by atoms with Crippen LogP contribution in [0.2, 0.25) is 0 Å². The Morgan fingerprint density at radius 3 is 1.17 bits per heavy atom. The van der Waals surface area contributed by atoms with Gasteiger partial charge in [-0.25, -0.2) is 9.59 Å². The fraction of sp³-hybridized carbons (Fsp3) is 0.350. The van der Waals surface area contributed by atoms with Gasteiger partial charge in [0.15, 0.2) is 0 Å². The number of rotatable bonds is 16. The number of unbranched alkanes of at least 4 members (excludes halogenated alkanes) is 2. The fourth-order valence-electron chi connectivity index (χ4n) is 5.42. The molecule has 0 radical (unpaired) electrons. The van der Waals surface area contributed by atoms with Crippen molar-refractivity contribution < 1.29 is 28.0 Å². The van der Waals surface area contributed by atoms with E-state index in [-0.39, 0.29) is 0 Å². The molecule has 4 aromatic carbocycles. The van der Waals surface area contributed by atoms with E-state index in [9.17, 15) is 9.59 Å². The SMILES string of the molecule is CCCC[N+](C)(C)Cc1ccc(C(=O)Oc2ccc(N=Nc3ccc(OC(=O)c4ccc(C[N+](C)(C)CCCC)cc4)cc3)cc2)cc1. The topological polar surface area (TPSA) is 77.3 Å². The Labute approximate surface area is 285 Å². The van der Waals surface area contributed by atoms with E-state index in [0.29, 0.717) is 34.0 Å². The Balaban J connectivity index is 1.25. The summed E-state index contributed by atoms with van der Waals surface area (Å²) in [5, 5.41) is 8.55. The van der Waals surface area contributed by atoms with Crippen LogP contribution in [0.25, 0.3) is 0 Å². The molecule has 0 fully saturated rings. The van der Waals surface area contributed by atoms with E-state index in [4.69, 9.17) is 9.47 Å². The molecule has 0 N–H and O–H groups in total. The van der Waals surface area contributed by atoms with Crippen LogP contribution in [0.1, 0.15) is 71.4 Å². The van der Waals surface area contributed by atoms with Crippen LogP contribution in [-0.2, 0) is 13.1 Å². The highest BCUT2D eigenvalue weighted by atomic mass is 16.5. The second-order valence-electron chi connectivity index (χ2n) is 13.7. The average molecular weight is 651 g/mol. The van der Waals surface area contributed by atoms with Crippen LogP contribution in [0, 0.1) is 0 Å². The first-order valence-electron chi connectivity index (χ1n) is 16.8. The smallest absolute Gasteiger partial charge is 0.343 e. The van der Waals surface area contributed by atoms with Gasteiger partial charge < -0.3 is 18.4 Å². The zero-order valence-corrected chi connectivity index (χ0v) is 29.3. The van der Waals surface area contributed by atoms with Crippen molar-refractivity contribution in [3.63, 3.8) is 0 Å². The minimum absolute atomic E-state index is 0.408. The highest BCUT2D eigenvalue weighted by Gasteiger charge is 2.17. The predicted molar refractivity (Wildman–Crippen MR) is 191 cm³/mol. The molecule has 4 rings (SSSR count). The van der Waals surface area contributed by atoms with Crippen molar-refractivity contribution in [3.05, 3.63) is 119 Å². The van der Waals surface area contributed by atoms with Crippen LogP contribution in [0.5, 0.6) is 11.5 Å². The quantitative estimate of drug-likeness (QED) is 0.0524. The van der Waals surface area contributed by atoms with Crippen molar-refractivity contribution in [2.45, 2.75) is 52.6 Å². The minimum Gasteiger partial charge on any atom is -0.423 e. The molecule has 0 saturated heterocycles. The molecular weight excluding hydrogens is 600 g/mol. The van der Waals surface area contributed by atoms with Crippen molar-refractivity contribution in [2.75, 3.05) is 41.3 Å². The van der Waals surface area contributed by atoms with Crippen molar-refractivity contribution in [1.29, 1.82) is 0 Å². The molecule has 0 saturated carbocycles. The number of hydrogen-bond donors (Lipinski definition) is 0. The lowest BCUT2D eigenvalue weighted by Crippen LogP contribution is -2.39. The van der Waals surface area contributed by atoms with E-state index in [2.05, 4.69) is 52.3 Å². The lowest BCUT2D eigenvalue weighted by atomic mass is 10.1. The number of carbonyl (C=O) groups excluding carboxylic acids is 2. The van der Waals surface area contributed by atoms with Gasteiger partial charge in [0.25, 0.3) is 0 Å². The predicted octanol–water partition coefficient (Wildman–Crippen LogP) is 9.29. The van der Waals surface area contributed by atoms with Crippen molar-refractivity contribution >= 4 is 23.3 Å². The molecule has 0 bridgehead atoms. The number of quaternary nitrogens is 2. The van der Waals surface area contributed by atoms with Gasteiger partial charge in [0, 0.05) is 11.1 Å². The molecule has 0 spiro atoms. The molecule has 0 aromatic heterocycles. The highest BCUT2D eigenvalue weighted by Crippen LogP contribution is 2.24. The first kappa shape index (κ1) is 36.2. The maximum Gasteiger partial charge on any atom is 0.343 e. The summed E-state index contributed by atoms with van der Waals surface area (Å²) in [4.78, 5) is 25.4. The van der Waals surface area contributed by atoms with Crippen molar-refractivity contribution in [2.24, 2.45) is 10.2 Å². The highest BCUT2D eigenvalue weighted by molar-refractivity contribution is 5.91. The second-order valence-corrected chi connectivity index (χ2v) is 13.7. The molecule has 8 heteroatoms. The largest absolute Gasteiger partial charge is 0.423 e. The van der Waals surface area contributed by atoms with Gasteiger partial charge in [0.1, 0.15) is 24.6 Å². The number of azo groups is 1. The number of esters is 2. The first-order valence-corrected chi connectivity index (χ1v) is 16.8. The summed E-state index contributed by atoms with van der Waals surface area (Å²) < 4.78 is 13.0. The molecule has 4 aromatic rings. The summed E-state index contributed by atoms with van der Waals surface area (Å²) in [6.45, 7) is 8.47. The first-order chi connectivity index (χ1) is 22.9. The summed E-state index contributed by atoms with van der Waals surface area (Å²) in [5.74, 6) is 0.0385. The Morgan fingerprint density at radius 2 is 0.854 bits per heavy atom. The van der Waals surface area contributed by atoms with Gasteiger partial charge in [-0.3, -0.25) is 0 Å². The summed E-state index contributed by atoms with van der Waals surface area (Å²) in [6.07, 6.45) is 4.74. The van der Waals surface area contributed by atoms with E-state index >= 15 is 0 Å². The Hall–Kier alpha value is -4.66. The summed E-state index contributed by atoms with van der Waals surface area (Å²) in [7, 11) is 8.92. The molecule has 0 amide bonds. The van der Waals surface area contributed by atoms with Gasteiger partial charge in [-0.05, 0) is 85.6 Å². The summed E-state index contributed by atoms with van der Waals surface area (Å²) >= 11 is 0. The molecule has 8 nitrogen and oxygen atoms in total.